The zero-order valence-corrected chi connectivity index (χ0v) is 11.0. The first kappa shape index (κ1) is 14.5. The summed E-state index contributed by atoms with van der Waals surface area (Å²) in [4.78, 5) is 14.1. The van der Waals surface area contributed by atoms with Crippen LogP contribution in [-0.2, 0) is 9.53 Å². The van der Waals surface area contributed by atoms with E-state index in [-0.39, 0.29) is 24.7 Å². The van der Waals surface area contributed by atoms with Crippen LogP contribution in [0.2, 0.25) is 0 Å². The first-order chi connectivity index (χ1) is 8.19. The fourth-order valence-electron chi connectivity index (χ4n) is 2.37. The Balaban J connectivity index is 2.41. The van der Waals surface area contributed by atoms with E-state index in [0.29, 0.717) is 12.8 Å². The summed E-state index contributed by atoms with van der Waals surface area (Å²) in [5.74, 6) is 0.215. The number of carbonyl (C=O) groups excluding carboxylic acids is 1. The SMILES string of the molecule is COC(C)CCC(=O)N1CCCCC1CCO. The molecule has 1 heterocycles. The number of hydrogen-bond acceptors (Lipinski definition) is 3. The van der Waals surface area contributed by atoms with Gasteiger partial charge in [0.1, 0.15) is 0 Å². The molecule has 0 aromatic carbocycles. The zero-order chi connectivity index (χ0) is 12.7. The number of hydrogen-bond donors (Lipinski definition) is 1. The van der Waals surface area contributed by atoms with Crippen molar-refractivity contribution in [3.05, 3.63) is 0 Å². The van der Waals surface area contributed by atoms with Crippen LogP contribution in [-0.4, -0.2) is 48.3 Å². The number of aliphatic hydroxyl groups excluding tert-OH is 1. The lowest BCUT2D eigenvalue weighted by Gasteiger charge is -2.35. The summed E-state index contributed by atoms with van der Waals surface area (Å²) in [5.41, 5.74) is 0. The summed E-state index contributed by atoms with van der Waals surface area (Å²) < 4.78 is 5.15. The molecule has 0 spiro atoms. The van der Waals surface area contributed by atoms with E-state index in [1.807, 2.05) is 11.8 Å². The Kier molecular flexibility index (Phi) is 6.52. The lowest BCUT2D eigenvalue weighted by Crippen LogP contribution is -2.44. The molecular formula is C13H25NO3. The molecule has 1 aliphatic rings. The molecule has 0 bridgehead atoms. The minimum Gasteiger partial charge on any atom is -0.396 e. The largest absolute Gasteiger partial charge is 0.396 e. The Morgan fingerprint density at radius 2 is 2.29 bits per heavy atom. The average Bonchev–Trinajstić information content (AvgIpc) is 2.36. The van der Waals surface area contributed by atoms with Crippen molar-refractivity contribution in [3.8, 4) is 0 Å². The lowest BCUT2D eigenvalue weighted by atomic mass is 9.99. The Morgan fingerprint density at radius 3 is 2.94 bits per heavy atom. The van der Waals surface area contributed by atoms with Crippen LogP contribution in [0.4, 0.5) is 0 Å². The van der Waals surface area contributed by atoms with Crippen molar-refractivity contribution in [1.82, 2.24) is 4.90 Å². The first-order valence-corrected chi connectivity index (χ1v) is 6.62. The summed E-state index contributed by atoms with van der Waals surface area (Å²) in [5, 5.41) is 9.02. The molecule has 1 aliphatic heterocycles. The van der Waals surface area contributed by atoms with Gasteiger partial charge in [-0.15, -0.1) is 0 Å². The second kappa shape index (κ2) is 7.67. The van der Waals surface area contributed by atoms with Gasteiger partial charge in [0.05, 0.1) is 6.10 Å². The van der Waals surface area contributed by atoms with Gasteiger partial charge in [-0.3, -0.25) is 4.79 Å². The summed E-state index contributed by atoms with van der Waals surface area (Å²) in [7, 11) is 1.67. The maximum Gasteiger partial charge on any atom is 0.222 e. The minimum absolute atomic E-state index is 0.139. The van der Waals surface area contributed by atoms with Crippen LogP contribution in [0.25, 0.3) is 0 Å². The molecule has 2 atom stereocenters. The van der Waals surface area contributed by atoms with Gasteiger partial charge in [0.2, 0.25) is 5.91 Å². The maximum atomic E-state index is 12.1. The van der Waals surface area contributed by atoms with Gasteiger partial charge >= 0.3 is 0 Å². The first-order valence-electron chi connectivity index (χ1n) is 6.62. The van der Waals surface area contributed by atoms with Crippen LogP contribution in [0.1, 0.15) is 45.4 Å². The van der Waals surface area contributed by atoms with E-state index < -0.39 is 0 Å². The summed E-state index contributed by atoms with van der Waals surface area (Å²) in [6.07, 6.45) is 5.47. The fraction of sp³-hybridized carbons (Fsp3) is 0.923. The van der Waals surface area contributed by atoms with E-state index in [4.69, 9.17) is 9.84 Å². The van der Waals surface area contributed by atoms with Gasteiger partial charge in [-0.25, -0.2) is 0 Å². The highest BCUT2D eigenvalue weighted by atomic mass is 16.5. The second-order valence-corrected chi connectivity index (χ2v) is 4.83. The number of amides is 1. The predicted octanol–water partition coefficient (Wildman–Crippen LogP) is 1.56. The van der Waals surface area contributed by atoms with Gasteiger partial charge in [-0.2, -0.15) is 0 Å². The molecule has 0 aromatic heterocycles. The molecule has 0 aliphatic carbocycles. The highest BCUT2D eigenvalue weighted by molar-refractivity contribution is 5.76. The van der Waals surface area contributed by atoms with Crippen LogP contribution >= 0.6 is 0 Å². The van der Waals surface area contributed by atoms with Crippen molar-refractivity contribution in [2.75, 3.05) is 20.3 Å². The van der Waals surface area contributed by atoms with Crippen molar-refractivity contribution >= 4 is 5.91 Å². The quantitative estimate of drug-likeness (QED) is 0.770. The molecule has 100 valence electrons. The number of rotatable bonds is 6. The van der Waals surface area contributed by atoms with Crippen LogP contribution < -0.4 is 0 Å². The van der Waals surface area contributed by atoms with Gasteiger partial charge in [0.25, 0.3) is 0 Å². The molecule has 4 heteroatoms. The third-order valence-corrected chi connectivity index (χ3v) is 3.58. The number of likely N-dealkylation sites (tertiary alicyclic amines) is 1. The highest BCUT2D eigenvalue weighted by Crippen LogP contribution is 2.21. The predicted molar refractivity (Wildman–Crippen MR) is 66.8 cm³/mol. The molecule has 4 nitrogen and oxygen atoms in total. The Labute approximate surface area is 104 Å². The monoisotopic (exact) mass is 243 g/mol. The molecule has 1 amide bonds. The molecule has 2 unspecified atom stereocenters. The zero-order valence-electron chi connectivity index (χ0n) is 11.0. The Morgan fingerprint density at radius 1 is 1.53 bits per heavy atom. The number of nitrogens with zero attached hydrogens (tertiary/aromatic N) is 1. The van der Waals surface area contributed by atoms with E-state index in [0.717, 1.165) is 25.8 Å². The fourth-order valence-corrected chi connectivity index (χ4v) is 2.37. The molecule has 1 rings (SSSR count). The van der Waals surface area contributed by atoms with Crippen LogP contribution in [0, 0.1) is 0 Å². The van der Waals surface area contributed by atoms with Crippen molar-refractivity contribution in [3.63, 3.8) is 0 Å². The minimum atomic E-state index is 0.139. The highest BCUT2D eigenvalue weighted by Gasteiger charge is 2.25. The smallest absolute Gasteiger partial charge is 0.222 e. The molecule has 1 saturated heterocycles. The molecule has 0 aromatic rings. The maximum absolute atomic E-state index is 12.1. The van der Waals surface area contributed by atoms with Crippen molar-refractivity contribution < 1.29 is 14.6 Å². The molecule has 1 N–H and O–H groups in total. The lowest BCUT2D eigenvalue weighted by molar-refractivity contribution is -0.135. The number of piperidine rings is 1. The molecule has 0 saturated carbocycles. The van der Waals surface area contributed by atoms with E-state index in [2.05, 4.69) is 0 Å². The third kappa shape index (κ3) is 4.64. The Bertz CT molecular complexity index is 231. The van der Waals surface area contributed by atoms with Crippen LogP contribution in [0.3, 0.4) is 0 Å². The third-order valence-electron chi connectivity index (χ3n) is 3.58. The number of ether oxygens (including phenoxy) is 1. The van der Waals surface area contributed by atoms with Gasteiger partial charge in [0.15, 0.2) is 0 Å². The molecular weight excluding hydrogens is 218 g/mol. The Hall–Kier alpha value is -0.610. The molecule has 1 fully saturated rings. The van der Waals surface area contributed by atoms with E-state index in [9.17, 15) is 4.79 Å². The van der Waals surface area contributed by atoms with Gasteiger partial charge < -0.3 is 14.7 Å². The van der Waals surface area contributed by atoms with Crippen LogP contribution in [0.5, 0.6) is 0 Å². The standard InChI is InChI=1S/C13H25NO3/c1-11(17-2)6-7-13(16)14-9-4-3-5-12(14)8-10-15/h11-12,15H,3-10H2,1-2H3. The van der Waals surface area contributed by atoms with Gasteiger partial charge in [0, 0.05) is 32.7 Å². The average molecular weight is 243 g/mol. The van der Waals surface area contributed by atoms with E-state index in [1.54, 1.807) is 7.11 Å². The van der Waals surface area contributed by atoms with E-state index >= 15 is 0 Å². The summed E-state index contributed by atoms with van der Waals surface area (Å²) in [6.45, 7) is 3.00. The van der Waals surface area contributed by atoms with Crippen molar-refractivity contribution in [2.45, 2.75) is 57.6 Å². The van der Waals surface area contributed by atoms with Gasteiger partial charge in [-0.05, 0) is 39.0 Å². The molecule has 0 radical (unpaired) electrons. The summed E-state index contributed by atoms with van der Waals surface area (Å²) in [6, 6.07) is 0.249. The second-order valence-electron chi connectivity index (χ2n) is 4.83. The van der Waals surface area contributed by atoms with Gasteiger partial charge in [-0.1, -0.05) is 0 Å². The van der Waals surface area contributed by atoms with Crippen molar-refractivity contribution in [2.24, 2.45) is 0 Å². The normalized spacial score (nSPS) is 22.5. The van der Waals surface area contributed by atoms with Crippen molar-refractivity contribution in [1.29, 1.82) is 0 Å². The summed E-state index contributed by atoms with van der Waals surface area (Å²) >= 11 is 0. The molecule has 17 heavy (non-hydrogen) atoms. The number of methoxy groups -OCH3 is 1. The topological polar surface area (TPSA) is 49.8 Å². The number of carbonyl (C=O) groups is 1. The number of aliphatic hydroxyl groups is 1. The van der Waals surface area contributed by atoms with E-state index in [1.165, 1.54) is 6.42 Å². The van der Waals surface area contributed by atoms with Crippen LogP contribution in [0.15, 0.2) is 0 Å².